The summed E-state index contributed by atoms with van der Waals surface area (Å²) in [5.74, 6) is 1.44. The zero-order valence-electron chi connectivity index (χ0n) is 12.7. The Labute approximate surface area is 125 Å². The van der Waals surface area contributed by atoms with Gasteiger partial charge in [-0.1, -0.05) is 19.1 Å². The Bertz CT molecular complexity index is 605. The van der Waals surface area contributed by atoms with Crippen LogP contribution >= 0.6 is 0 Å². The van der Waals surface area contributed by atoms with Gasteiger partial charge >= 0.3 is 0 Å². The van der Waals surface area contributed by atoms with E-state index >= 15 is 0 Å². The first-order chi connectivity index (χ1) is 10.1. The molecule has 0 aliphatic carbocycles. The lowest BCUT2D eigenvalue weighted by molar-refractivity contribution is 0.0988. The summed E-state index contributed by atoms with van der Waals surface area (Å²) in [6.45, 7) is 6.77. The lowest BCUT2D eigenvalue weighted by atomic mass is 10.1. The van der Waals surface area contributed by atoms with Gasteiger partial charge in [0.1, 0.15) is 17.9 Å². The number of ether oxygens (including phenoxy) is 1. The van der Waals surface area contributed by atoms with Gasteiger partial charge in [0.05, 0.1) is 12.5 Å². The summed E-state index contributed by atoms with van der Waals surface area (Å²) in [7, 11) is 0. The second-order valence-electron chi connectivity index (χ2n) is 5.19. The number of carbonyl (C=O) groups is 1. The Balaban J connectivity index is 2.11. The summed E-state index contributed by atoms with van der Waals surface area (Å²) in [5, 5.41) is 4.14. The fraction of sp³-hybridized carbons (Fsp3) is 0.438. The summed E-state index contributed by atoms with van der Waals surface area (Å²) >= 11 is 0. The number of hydrogen-bond acceptors (Lipinski definition) is 4. The second-order valence-corrected chi connectivity index (χ2v) is 5.19. The van der Waals surface area contributed by atoms with E-state index in [2.05, 4.69) is 17.0 Å². The molecule has 21 heavy (non-hydrogen) atoms. The monoisotopic (exact) mass is 287 g/mol. The molecule has 0 unspecified atom stereocenters. The molecule has 112 valence electrons. The van der Waals surface area contributed by atoms with Gasteiger partial charge in [0.15, 0.2) is 5.78 Å². The molecule has 0 radical (unpaired) electrons. The van der Waals surface area contributed by atoms with E-state index in [1.807, 2.05) is 26.0 Å². The molecule has 0 bridgehead atoms. The summed E-state index contributed by atoms with van der Waals surface area (Å²) in [4.78, 5) is 16.5. The van der Waals surface area contributed by atoms with E-state index < -0.39 is 0 Å². The summed E-state index contributed by atoms with van der Waals surface area (Å²) in [5.41, 5.74) is 0.638. The molecule has 5 heteroatoms. The smallest absolute Gasteiger partial charge is 0.170 e. The molecule has 1 aromatic heterocycles. The van der Waals surface area contributed by atoms with Crippen molar-refractivity contribution in [2.75, 3.05) is 0 Å². The second kappa shape index (κ2) is 7.02. The standard InChI is InChI=1S/C16H21N3O2/c1-4-8-19-16(17-11-18-19)10-15(20)13-6-5-7-14(9-13)21-12(2)3/h5-7,9,11-12H,4,8,10H2,1-3H3. The zero-order valence-corrected chi connectivity index (χ0v) is 12.7. The third-order valence-electron chi connectivity index (χ3n) is 2.98. The van der Waals surface area contributed by atoms with E-state index in [0.717, 1.165) is 13.0 Å². The van der Waals surface area contributed by atoms with Crippen LogP contribution in [0.15, 0.2) is 30.6 Å². The summed E-state index contributed by atoms with van der Waals surface area (Å²) < 4.78 is 7.40. The summed E-state index contributed by atoms with van der Waals surface area (Å²) in [6, 6.07) is 7.27. The highest BCUT2D eigenvalue weighted by atomic mass is 16.5. The number of benzene rings is 1. The minimum atomic E-state index is 0.0227. The zero-order chi connectivity index (χ0) is 15.2. The third kappa shape index (κ3) is 4.15. The molecular weight excluding hydrogens is 266 g/mol. The molecular formula is C16H21N3O2. The fourth-order valence-electron chi connectivity index (χ4n) is 2.08. The molecule has 0 aliphatic rings. The van der Waals surface area contributed by atoms with Crippen LogP contribution in [0.2, 0.25) is 0 Å². The van der Waals surface area contributed by atoms with Gasteiger partial charge in [-0.2, -0.15) is 5.10 Å². The average Bonchev–Trinajstić information content (AvgIpc) is 2.86. The number of carbonyl (C=O) groups excluding carboxylic acids is 1. The van der Waals surface area contributed by atoms with Crippen molar-refractivity contribution in [2.45, 2.75) is 46.3 Å². The van der Waals surface area contributed by atoms with Gasteiger partial charge in [0.25, 0.3) is 0 Å². The van der Waals surface area contributed by atoms with Crippen molar-refractivity contribution >= 4 is 5.78 Å². The highest BCUT2D eigenvalue weighted by molar-refractivity contribution is 5.97. The first kappa shape index (κ1) is 15.2. The molecule has 0 spiro atoms. The fourth-order valence-corrected chi connectivity index (χ4v) is 2.08. The number of aryl methyl sites for hydroxylation is 1. The molecule has 0 saturated carbocycles. The van der Waals surface area contributed by atoms with Crippen molar-refractivity contribution < 1.29 is 9.53 Å². The van der Waals surface area contributed by atoms with Crippen molar-refractivity contribution in [2.24, 2.45) is 0 Å². The largest absolute Gasteiger partial charge is 0.491 e. The molecule has 2 rings (SSSR count). The molecule has 0 amide bonds. The predicted molar refractivity (Wildman–Crippen MR) is 80.6 cm³/mol. The van der Waals surface area contributed by atoms with Crippen molar-refractivity contribution in [3.63, 3.8) is 0 Å². The van der Waals surface area contributed by atoms with Crippen LogP contribution in [-0.4, -0.2) is 26.7 Å². The molecule has 0 saturated heterocycles. The average molecular weight is 287 g/mol. The van der Waals surface area contributed by atoms with Crippen molar-refractivity contribution in [1.29, 1.82) is 0 Å². The van der Waals surface area contributed by atoms with Crippen molar-refractivity contribution in [3.8, 4) is 5.75 Å². The van der Waals surface area contributed by atoms with Crippen molar-refractivity contribution in [1.82, 2.24) is 14.8 Å². The van der Waals surface area contributed by atoms with E-state index in [1.165, 1.54) is 6.33 Å². The van der Waals surface area contributed by atoms with E-state index in [-0.39, 0.29) is 18.3 Å². The third-order valence-corrected chi connectivity index (χ3v) is 2.98. The lowest BCUT2D eigenvalue weighted by Gasteiger charge is -2.10. The highest BCUT2D eigenvalue weighted by Gasteiger charge is 2.13. The Hall–Kier alpha value is -2.17. The van der Waals surface area contributed by atoms with E-state index in [4.69, 9.17) is 4.74 Å². The number of hydrogen-bond donors (Lipinski definition) is 0. The molecule has 0 fully saturated rings. The number of ketones is 1. The van der Waals surface area contributed by atoms with Gasteiger partial charge in [-0.05, 0) is 32.4 Å². The molecule has 2 aromatic rings. The molecule has 5 nitrogen and oxygen atoms in total. The van der Waals surface area contributed by atoms with Gasteiger partial charge < -0.3 is 4.74 Å². The van der Waals surface area contributed by atoms with Crippen LogP contribution in [0.4, 0.5) is 0 Å². The highest BCUT2D eigenvalue weighted by Crippen LogP contribution is 2.16. The van der Waals surface area contributed by atoms with E-state index in [9.17, 15) is 4.79 Å². The van der Waals surface area contributed by atoms with Crippen LogP contribution in [0.3, 0.4) is 0 Å². The molecule has 0 aliphatic heterocycles. The van der Waals surface area contributed by atoms with Gasteiger partial charge in [0.2, 0.25) is 0 Å². The van der Waals surface area contributed by atoms with Crippen LogP contribution in [-0.2, 0) is 13.0 Å². The molecule has 1 heterocycles. The van der Waals surface area contributed by atoms with Crippen LogP contribution in [0.1, 0.15) is 43.4 Å². The van der Waals surface area contributed by atoms with Gasteiger partial charge in [-0.15, -0.1) is 0 Å². The quantitative estimate of drug-likeness (QED) is 0.735. The Morgan fingerprint density at radius 3 is 2.90 bits per heavy atom. The first-order valence-corrected chi connectivity index (χ1v) is 7.26. The molecule has 0 atom stereocenters. The summed E-state index contributed by atoms with van der Waals surface area (Å²) in [6.07, 6.45) is 2.80. The maximum Gasteiger partial charge on any atom is 0.170 e. The van der Waals surface area contributed by atoms with Crippen LogP contribution in [0.5, 0.6) is 5.75 Å². The predicted octanol–water partition coefficient (Wildman–Crippen LogP) is 2.90. The Kier molecular flexibility index (Phi) is 5.09. The van der Waals surface area contributed by atoms with Crippen LogP contribution in [0, 0.1) is 0 Å². The van der Waals surface area contributed by atoms with Gasteiger partial charge in [-0.25, -0.2) is 9.67 Å². The minimum Gasteiger partial charge on any atom is -0.491 e. The number of rotatable bonds is 7. The van der Waals surface area contributed by atoms with Gasteiger partial charge in [0, 0.05) is 12.1 Å². The first-order valence-electron chi connectivity index (χ1n) is 7.26. The number of aromatic nitrogens is 3. The van der Waals surface area contributed by atoms with Crippen LogP contribution < -0.4 is 4.74 Å². The maximum atomic E-state index is 12.4. The Morgan fingerprint density at radius 2 is 2.19 bits per heavy atom. The van der Waals surface area contributed by atoms with Crippen LogP contribution in [0.25, 0.3) is 0 Å². The molecule has 0 N–H and O–H groups in total. The van der Waals surface area contributed by atoms with E-state index in [0.29, 0.717) is 17.1 Å². The van der Waals surface area contributed by atoms with E-state index in [1.54, 1.807) is 16.8 Å². The SMILES string of the molecule is CCCn1ncnc1CC(=O)c1cccc(OC(C)C)c1. The normalized spacial score (nSPS) is 10.9. The topological polar surface area (TPSA) is 57.0 Å². The lowest BCUT2D eigenvalue weighted by Crippen LogP contribution is -2.12. The number of Topliss-reactive ketones (excluding diaryl/α,β-unsaturated/α-hetero) is 1. The minimum absolute atomic E-state index is 0.0227. The van der Waals surface area contributed by atoms with Gasteiger partial charge in [-0.3, -0.25) is 4.79 Å². The molecule has 1 aromatic carbocycles. The Morgan fingerprint density at radius 1 is 1.38 bits per heavy atom. The number of nitrogens with zero attached hydrogens (tertiary/aromatic N) is 3. The maximum absolute atomic E-state index is 12.4. The van der Waals surface area contributed by atoms with Crippen molar-refractivity contribution in [3.05, 3.63) is 42.0 Å².